The number of para-hydroxylation sites is 1. The average molecular weight is 507 g/mol. The highest BCUT2D eigenvalue weighted by Crippen LogP contribution is 2.40. The number of imidazole rings is 1. The fourth-order valence-electron chi connectivity index (χ4n) is 5.47. The minimum Gasteiger partial charge on any atom is -0.457 e. The van der Waals surface area contributed by atoms with E-state index in [0.29, 0.717) is 6.67 Å². The maximum Gasteiger partial charge on any atom is 0.146 e. The zero-order valence-corrected chi connectivity index (χ0v) is 20.8. The molecule has 1 aliphatic rings. The van der Waals surface area contributed by atoms with Crippen molar-refractivity contribution < 1.29 is 4.74 Å². The van der Waals surface area contributed by atoms with Gasteiger partial charge in [0.15, 0.2) is 0 Å². The molecule has 7 nitrogen and oxygen atoms in total. The molecule has 3 aromatic carbocycles. The first-order valence-corrected chi connectivity index (χ1v) is 12.8. The van der Waals surface area contributed by atoms with Crippen molar-refractivity contribution in [3.05, 3.63) is 122 Å². The Labute approximate surface area is 224 Å². The molecule has 0 saturated carbocycles. The van der Waals surface area contributed by atoms with Crippen LogP contribution in [0.1, 0.15) is 0 Å². The summed E-state index contributed by atoms with van der Waals surface area (Å²) in [4.78, 5) is 16.1. The normalized spacial score (nSPS) is 12.5. The fraction of sp³-hybridized carbons (Fsp3) is 0.0312. The van der Waals surface area contributed by atoms with Crippen molar-refractivity contribution in [1.29, 1.82) is 0 Å². The Balaban J connectivity index is 1.19. The zero-order valence-electron chi connectivity index (χ0n) is 20.8. The van der Waals surface area contributed by atoms with Crippen molar-refractivity contribution in [3.8, 4) is 28.7 Å². The minimum atomic E-state index is 0.680. The van der Waals surface area contributed by atoms with Crippen LogP contribution >= 0.6 is 0 Å². The van der Waals surface area contributed by atoms with Gasteiger partial charge in [-0.05, 0) is 60.7 Å². The van der Waals surface area contributed by atoms with Crippen LogP contribution in [-0.2, 0) is 6.67 Å². The van der Waals surface area contributed by atoms with E-state index in [4.69, 9.17) is 4.74 Å². The average Bonchev–Trinajstić information content (AvgIpc) is 3.60. The van der Waals surface area contributed by atoms with Crippen LogP contribution in [0.3, 0.4) is 0 Å². The van der Waals surface area contributed by atoms with Crippen LogP contribution in [0.15, 0.2) is 122 Å². The predicted octanol–water partition coefficient (Wildman–Crippen LogP) is 7.34. The Hall–Kier alpha value is -5.43. The van der Waals surface area contributed by atoms with Crippen LogP contribution in [0.4, 0.5) is 11.4 Å². The number of fused-ring (bicyclic) bond motifs is 6. The molecule has 186 valence electrons. The van der Waals surface area contributed by atoms with E-state index in [1.54, 1.807) is 6.20 Å². The highest BCUT2D eigenvalue weighted by Gasteiger charge is 2.23. The molecule has 0 spiro atoms. The number of aromatic nitrogens is 5. The van der Waals surface area contributed by atoms with E-state index in [0.717, 1.165) is 62.0 Å². The summed E-state index contributed by atoms with van der Waals surface area (Å²) < 4.78 is 10.7. The van der Waals surface area contributed by atoms with Crippen LogP contribution < -0.4 is 9.64 Å². The number of hydrogen-bond donors (Lipinski definition) is 0. The lowest BCUT2D eigenvalue weighted by Gasteiger charge is -2.32. The van der Waals surface area contributed by atoms with Gasteiger partial charge in [-0.15, -0.1) is 0 Å². The third kappa shape index (κ3) is 3.48. The van der Waals surface area contributed by atoms with Gasteiger partial charge < -0.3 is 14.2 Å². The van der Waals surface area contributed by atoms with Gasteiger partial charge in [-0.25, -0.2) is 15.0 Å². The van der Waals surface area contributed by atoms with E-state index in [-0.39, 0.29) is 0 Å². The highest BCUT2D eigenvalue weighted by atomic mass is 16.5. The maximum absolute atomic E-state index is 6.45. The molecule has 0 amide bonds. The van der Waals surface area contributed by atoms with Gasteiger partial charge in [-0.3, -0.25) is 4.57 Å². The Bertz CT molecular complexity index is 1990. The quantitative estimate of drug-likeness (QED) is 0.250. The summed E-state index contributed by atoms with van der Waals surface area (Å²) in [6.45, 7) is 0.680. The molecule has 0 aliphatic carbocycles. The van der Waals surface area contributed by atoms with Crippen molar-refractivity contribution in [3.63, 3.8) is 0 Å². The number of hydrogen-bond acceptors (Lipinski definition) is 5. The summed E-state index contributed by atoms with van der Waals surface area (Å²) in [6, 6.07) is 32.7. The molecule has 1 aliphatic heterocycles. The second-order valence-corrected chi connectivity index (χ2v) is 9.48. The molecule has 8 rings (SSSR count). The van der Waals surface area contributed by atoms with Gasteiger partial charge in [0, 0.05) is 58.9 Å². The van der Waals surface area contributed by atoms with Crippen LogP contribution in [0.2, 0.25) is 0 Å². The van der Waals surface area contributed by atoms with Crippen molar-refractivity contribution >= 4 is 33.3 Å². The molecule has 0 fully saturated rings. The van der Waals surface area contributed by atoms with E-state index >= 15 is 0 Å². The Morgan fingerprint density at radius 2 is 1.56 bits per heavy atom. The summed E-state index contributed by atoms with van der Waals surface area (Å²) in [7, 11) is 0. The number of rotatable bonds is 4. The summed E-state index contributed by atoms with van der Waals surface area (Å²) in [5.41, 5.74) is 5.15. The number of anilines is 2. The van der Waals surface area contributed by atoms with Crippen molar-refractivity contribution in [2.75, 3.05) is 4.90 Å². The first-order chi connectivity index (χ1) is 19.3. The van der Waals surface area contributed by atoms with Gasteiger partial charge in [0.2, 0.25) is 0 Å². The first-order valence-electron chi connectivity index (χ1n) is 12.8. The van der Waals surface area contributed by atoms with E-state index in [1.807, 2.05) is 61.1 Å². The third-order valence-electron chi connectivity index (χ3n) is 7.19. The molecule has 0 atom stereocenters. The van der Waals surface area contributed by atoms with Gasteiger partial charge >= 0.3 is 0 Å². The predicted molar refractivity (Wildman–Crippen MR) is 153 cm³/mol. The molecule has 7 aromatic rings. The van der Waals surface area contributed by atoms with Crippen molar-refractivity contribution in [2.45, 2.75) is 6.67 Å². The summed E-state index contributed by atoms with van der Waals surface area (Å²) in [5, 5.41) is 2.18. The number of pyridine rings is 2. The monoisotopic (exact) mass is 506 g/mol. The second-order valence-electron chi connectivity index (χ2n) is 9.48. The Morgan fingerprint density at radius 3 is 2.51 bits per heavy atom. The Kier molecular flexibility index (Phi) is 4.75. The Morgan fingerprint density at radius 1 is 0.667 bits per heavy atom. The molecule has 0 N–H and O–H groups in total. The van der Waals surface area contributed by atoms with Gasteiger partial charge in [-0.2, -0.15) is 0 Å². The topological polar surface area (TPSA) is 61.0 Å². The molecule has 39 heavy (non-hydrogen) atoms. The summed E-state index contributed by atoms with van der Waals surface area (Å²) >= 11 is 0. The van der Waals surface area contributed by atoms with Crippen molar-refractivity contribution in [2.24, 2.45) is 0 Å². The van der Waals surface area contributed by atoms with Gasteiger partial charge in [-0.1, -0.05) is 24.3 Å². The molecule has 0 unspecified atom stereocenters. The molecular weight excluding hydrogens is 484 g/mol. The lowest BCUT2D eigenvalue weighted by Crippen LogP contribution is -2.25. The van der Waals surface area contributed by atoms with Crippen LogP contribution in [-0.4, -0.2) is 24.1 Å². The molecule has 0 saturated heterocycles. The highest BCUT2D eigenvalue weighted by molar-refractivity contribution is 6.08. The molecule has 5 heterocycles. The molecule has 0 bridgehead atoms. The van der Waals surface area contributed by atoms with E-state index in [1.165, 1.54) is 0 Å². The molecular formula is C32H22N6O. The van der Waals surface area contributed by atoms with Gasteiger partial charge in [0.1, 0.15) is 35.5 Å². The van der Waals surface area contributed by atoms with Crippen molar-refractivity contribution in [1.82, 2.24) is 24.1 Å². The van der Waals surface area contributed by atoms with Crippen LogP contribution in [0, 0.1) is 0 Å². The second kappa shape index (κ2) is 8.56. The van der Waals surface area contributed by atoms with Crippen LogP contribution in [0.25, 0.3) is 39.1 Å². The third-order valence-corrected chi connectivity index (χ3v) is 7.19. The summed E-state index contributed by atoms with van der Waals surface area (Å²) in [6.07, 6.45) is 7.48. The fourth-order valence-corrected chi connectivity index (χ4v) is 5.47. The maximum atomic E-state index is 6.45. The van der Waals surface area contributed by atoms with E-state index in [9.17, 15) is 0 Å². The summed E-state index contributed by atoms with van der Waals surface area (Å²) in [5.74, 6) is 3.31. The largest absolute Gasteiger partial charge is 0.457 e. The molecule has 4 aromatic heterocycles. The van der Waals surface area contributed by atoms with Gasteiger partial charge in [0.05, 0.1) is 11.2 Å². The molecule has 0 radical (unpaired) electrons. The zero-order chi connectivity index (χ0) is 25.8. The lowest BCUT2D eigenvalue weighted by molar-refractivity contribution is 0.483. The standard InChI is InChI=1S/C32H22N6O/c1-2-11-28-27(9-1)31-35-17-18-36(31)21-37(28)22-7-5-8-23(19-22)39-24-13-14-25-26-10-6-16-34-32(26)38(29(25)20-24)30-12-3-4-15-33-30/h1-20H,21H2. The SMILES string of the molecule is c1ccc(-n2c3cc(Oc4cccc(N5Cn6ccnc6-c6ccccc65)c4)ccc3c3cccnc32)nc1. The van der Waals surface area contributed by atoms with Gasteiger partial charge in [0.25, 0.3) is 0 Å². The number of benzene rings is 3. The lowest BCUT2D eigenvalue weighted by atomic mass is 10.1. The van der Waals surface area contributed by atoms with E-state index < -0.39 is 0 Å². The van der Waals surface area contributed by atoms with Crippen LogP contribution in [0.5, 0.6) is 11.5 Å². The van der Waals surface area contributed by atoms with E-state index in [2.05, 4.69) is 83.6 Å². The number of ether oxygens (including phenoxy) is 1. The smallest absolute Gasteiger partial charge is 0.146 e. The first kappa shape index (κ1) is 21.6. The minimum absolute atomic E-state index is 0.680. The number of nitrogens with zero attached hydrogens (tertiary/aromatic N) is 6. The molecule has 7 heteroatoms.